The first-order valence-electron chi connectivity index (χ1n) is 2.13. The number of aldehydes is 1. The van der Waals surface area contributed by atoms with Gasteiger partial charge in [0.05, 0.1) is 0 Å². The van der Waals surface area contributed by atoms with Crippen LogP contribution in [0.2, 0.25) is 0 Å². The van der Waals surface area contributed by atoms with Gasteiger partial charge in [0.1, 0.15) is 6.29 Å². The smallest absolute Gasteiger partial charge is 0.143 e. The van der Waals surface area contributed by atoms with Crippen molar-refractivity contribution in [3.63, 3.8) is 0 Å². The van der Waals surface area contributed by atoms with Crippen LogP contribution in [0.25, 0.3) is 0 Å². The van der Waals surface area contributed by atoms with Gasteiger partial charge >= 0.3 is 0 Å². The molecule has 0 fully saturated rings. The fourth-order valence-corrected chi connectivity index (χ4v) is 0.552. The molecule has 0 unspecified atom stereocenters. The van der Waals surface area contributed by atoms with Crippen molar-refractivity contribution in [1.29, 1.82) is 0 Å². The van der Waals surface area contributed by atoms with Gasteiger partial charge in [0, 0.05) is 0 Å². The number of hydrogen-bond donors (Lipinski definition) is 0. The SMILES string of the molecule is CCS/C=C/C=O. The predicted octanol–water partition coefficient (Wildman–Crippen LogP) is 1.45. The molecule has 0 spiro atoms. The molecule has 7 heavy (non-hydrogen) atoms. The summed E-state index contributed by atoms with van der Waals surface area (Å²) in [6, 6.07) is 0. The fraction of sp³-hybridized carbons (Fsp3) is 0.400. The molecule has 0 saturated carbocycles. The molecule has 0 aromatic rings. The number of hydrogen-bond acceptors (Lipinski definition) is 2. The van der Waals surface area contributed by atoms with E-state index in [9.17, 15) is 4.79 Å². The van der Waals surface area contributed by atoms with Crippen molar-refractivity contribution in [1.82, 2.24) is 0 Å². The minimum Gasteiger partial charge on any atom is -0.299 e. The van der Waals surface area contributed by atoms with Gasteiger partial charge in [0.2, 0.25) is 0 Å². The van der Waals surface area contributed by atoms with Crippen LogP contribution in [0.5, 0.6) is 0 Å². The van der Waals surface area contributed by atoms with E-state index in [0.29, 0.717) is 0 Å². The van der Waals surface area contributed by atoms with E-state index < -0.39 is 0 Å². The Balaban J connectivity index is 2.92. The molecule has 0 amide bonds. The third kappa shape index (κ3) is 5.76. The summed E-state index contributed by atoms with van der Waals surface area (Å²) in [6.45, 7) is 2.04. The van der Waals surface area contributed by atoms with Crippen LogP contribution in [0.3, 0.4) is 0 Å². The molecule has 0 aliphatic carbocycles. The zero-order chi connectivity index (χ0) is 5.54. The van der Waals surface area contributed by atoms with Crippen molar-refractivity contribution in [2.45, 2.75) is 6.92 Å². The molecule has 0 aromatic carbocycles. The average molecular weight is 116 g/mol. The molecule has 0 aliphatic rings. The molecule has 0 rings (SSSR count). The van der Waals surface area contributed by atoms with E-state index in [4.69, 9.17) is 0 Å². The van der Waals surface area contributed by atoms with Crippen LogP contribution in [0, 0.1) is 0 Å². The van der Waals surface area contributed by atoms with Crippen molar-refractivity contribution in [2.24, 2.45) is 0 Å². The maximum absolute atomic E-state index is 9.58. The molecule has 2 heteroatoms. The first-order valence-corrected chi connectivity index (χ1v) is 3.18. The fourth-order valence-electron chi connectivity index (χ4n) is 0.184. The van der Waals surface area contributed by atoms with Crippen molar-refractivity contribution >= 4 is 18.0 Å². The van der Waals surface area contributed by atoms with E-state index in [0.717, 1.165) is 12.0 Å². The molecule has 1 nitrogen and oxygen atoms in total. The van der Waals surface area contributed by atoms with E-state index in [2.05, 4.69) is 0 Å². The Morgan fingerprint density at radius 1 is 1.71 bits per heavy atom. The Hall–Kier alpha value is -0.240. The largest absolute Gasteiger partial charge is 0.299 e. The van der Waals surface area contributed by atoms with Crippen LogP contribution in [0.15, 0.2) is 11.5 Å². The van der Waals surface area contributed by atoms with Crippen LogP contribution in [-0.4, -0.2) is 12.0 Å². The van der Waals surface area contributed by atoms with Crippen LogP contribution < -0.4 is 0 Å². The van der Waals surface area contributed by atoms with Gasteiger partial charge in [-0.15, -0.1) is 11.8 Å². The second-order valence-electron chi connectivity index (χ2n) is 0.920. The van der Waals surface area contributed by atoms with E-state index in [1.807, 2.05) is 6.92 Å². The summed E-state index contributed by atoms with van der Waals surface area (Å²) in [7, 11) is 0. The Bertz CT molecular complexity index is 68.5. The summed E-state index contributed by atoms with van der Waals surface area (Å²) in [5.41, 5.74) is 0. The summed E-state index contributed by atoms with van der Waals surface area (Å²) < 4.78 is 0. The highest BCUT2D eigenvalue weighted by atomic mass is 32.2. The van der Waals surface area contributed by atoms with Crippen molar-refractivity contribution in [3.05, 3.63) is 11.5 Å². The molecule has 0 aromatic heterocycles. The topological polar surface area (TPSA) is 17.1 Å². The van der Waals surface area contributed by atoms with Gasteiger partial charge in [-0.1, -0.05) is 6.92 Å². The van der Waals surface area contributed by atoms with Crippen LogP contribution in [0.4, 0.5) is 0 Å². The standard InChI is InChI=1S/C5H8OS/c1-2-7-5-3-4-6/h3-5H,2H2,1H3/b5-3+. The number of carbonyl (C=O) groups excluding carboxylic acids is 1. The summed E-state index contributed by atoms with van der Waals surface area (Å²) in [4.78, 5) is 9.58. The maximum atomic E-state index is 9.58. The Morgan fingerprint density at radius 3 is 2.86 bits per heavy atom. The highest BCUT2D eigenvalue weighted by Crippen LogP contribution is 1.97. The molecule has 0 heterocycles. The molecular formula is C5H8OS. The predicted molar refractivity (Wildman–Crippen MR) is 33.3 cm³/mol. The van der Waals surface area contributed by atoms with Crippen LogP contribution >= 0.6 is 11.8 Å². The minimum atomic E-state index is 0.780. The molecule has 0 bridgehead atoms. The zero-order valence-electron chi connectivity index (χ0n) is 4.26. The van der Waals surface area contributed by atoms with Gasteiger partial charge in [-0.2, -0.15) is 0 Å². The molecule has 0 atom stereocenters. The highest BCUT2D eigenvalue weighted by Gasteiger charge is 1.67. The van der Waals surface area contributed by atoms with Gasteiger partial charge in [0.15, 0.2) is 0 Å². The molecule has 40 valence electrons. The second kappa shape index (κ2) is 5.76. The van der Waals surface area contributed by atoms with E-state index >= 15 is 0 Å². The first kappa shape index (κ1) is 6.76. The summed E-state index contributed by atoms with van der Waals surface area (Å²) >= 11 is 1.62. The lowest BCUT2D eigenvalue weighted by molar-refractivity contribution is -0.104. The quantitative estimate of drug-likeness (QED) is 0.410. The van der Waals surface area contributed by atoms with Crippen molar-refractivity contribution in [3.8, 4) is 0 Å². The van der Waals surface area contributed by atoms with Gasteiger partial charge in [-0.25, -0.2) is 0 Å². The van der Waals surface area contributed by atoms with E-state index in [1.165, 1.54) is 6.08 Å². The average Bonchev–Trinajstić information content (AvgIpc) is 1.69. The van der Waals surface area contributed by atoms with Crippen LogP contribution in [0.1, 0.15) is 6.92 Å². The van der Waals surface area contributed by atoms with Crippen LogP contribution in [-0.2, 0) is 4.79 Å². The zero-order valence-corrected chi connectivity index (χ0v) is 5.07. The summed E-state index contributed by atoms with van der Waals surface area (Å²) in [5.74, 6) is 1.03. The normalized spacial score (nSPS) is 9.86. The third-order valence-electron chi connectivity index (χ3n) is 0.420. The van der Waals surface area contributed by atoms with Crippen molar-refractivity contribution < 1.29 is 4.79 Å². The number of rotatable bonds is 3. The van der Waals surface area contributed by atoms with Gasteiger partial charge in [-0.05, 0) is 17.2 Å². The second-order valence-corrected chi connectivity index (χ2v) is 2.10. The first-order chi connectivity index (χ1) is 3.41. The lowest BCUT2D eigenvalue weighted by Gasteiger charge is -1.76. The highest BCUT2D eigenvalue weighted by molar-refractivity contribution is 8.02. The minimum absolute atomic E-state index is 0.780. The molecule has 0 N–H and O–H groups in total. The summed E-state index contributed by atoms with van der Waals surface area (Å²) in [5, 5.41) is 1.78. The van der Waals surface area contributed by atoms with Crippen molar-refractivity contribution in [2.75, 3.05) is 5.75 Å². The molecule has 0 radical (unpaired) electrons. The van der Waals surface area contributed by atoms with Gasteiger partial charge in [0.25, 0.3) is 0 Å². The Labute approximate surface area is 47.8 Å². The number of allylic oxidation sites excluding steroid dienone is 1. The lowest BCUT2D eigenvalue weighted by atomic mass is 10.7. The van der Waals surface area contributed by atoms with Gasteiger partial charge < -0.3 is 0 Å². The lowest BCUT2D eigenvalue weighted by Crippen LogP contribution is -1.58. The number of carbonyl (C=O) groups is 1. The maximum Gasteiger partial charge on any atom is 0.143 e. The summed E-state index contributed by atoms with van der Waals surface area (Å²) in [6.07, 6.45) is 2.27. The van der Waals surface area contributed by atoms with E-state index in [1.54, 1.807) is 17.2 Å². The molecule has 0 aliphatic heterocycles. The molecule has 0 saturated heterocycles. The van der Waals surface area contributed by atoms with Gasteiger partial charge in [-0.3, -0.25) is 4.79 Å². The van der Waals surface area contributed by atoms with E-state index in [-0.39, 0.29) is 0 Å². The Kier molecular flexibility index (Phi) is 5.56. The molecular weight excluding hydrogens is 108 g/mol. The Morgan fingerprint density at radius 2 is 2.43 bits per heavy atom. The monoisotopic (exact) mass is 116 g/mol. The number of thioether (sulfide) groups is 1. The third-order valence-corrected chi connectivity index (χ3v) is 1.10.